The largest absolute Gasteiger partial charge is 0.328 e. The fourth-order valence-corrected chi connectivity index (χ4v) is 2.61. The number of fused-ring (bicyclic) bond motifs is 1. The van der Waals surface area contributed by atoms with E-state index in [-0.39, 0.29) is 43.1 Å². The molecule has 2 rings (SSSR count). The zero-order chi connectivity index (χ0) is 8.06. The maximum absolute atomic E-state index is 12.8. The molecular formula is C8H14ClF2N. The second-order valence-electron chi connectivity index (χ2n) is 4.02. The van der Waals surface area contributed by atoms with E-state index < -0.39 is 5.92 Å². The lowest BCUT2D eigenvalue weighted by Gasteiger charge is -2.10. The Morgan fingerprint density at radius 1 is 1.08 bits per heavy atom. The van der Waals surface area contributed by atoms with Crippen molar-refractivity contribution in [2.45, 2.75) is 37.6 Å². The van der Waals surface area contributed by atoms with Crippen LogP contribution in [0.1, 0.15) is 25.7 Å². The zero-order valence-corrected chi connectivity index (χ0v) is 7.62. The van der Waals surface area contributed by atoms with Crippen LogP contribution < -0.4 is 5.73 Å². The van der Waals surface area contributed by atoms with Crippen LogP contribution in [0.3, 0.4) is 0 Å². The Morgan fingerprint density at radius 2 is 1.50 bits per heavy atom. The molecule has 1 nitrogen and oxygen atoms in total. The van der Waals surface area contributed by atoms with Crippen LogP contribution in [-0.2, 0) is 0 Å². The van der Waals surface area contributed by atoms with Gasteiger partial charge < -0.3 is 5.73 Å². The van der Waals surface area contributed by atoms with Gasteiger partial charge in [0.05, 0.1) is 0 Å². The van der Waals surface area contributed by atoms with Crippen LogP contribution in [0, 0.1) is 11.8 Å². The molecule has 0 radical (unpaired) electrons. The minimum Gasteiger partial charge on any atom is -0.328 e. The summed E-state index contributed by atoms with van der Waals surface area (Å²) < 4.78 is 25.5. The lowest BCUT2D eigenvalue weighted by Crippen LogP contribution is -2.19. The molecule has 0 spiro atoms. The van der Waals surface area contributed by atoms with Crippen molar-refractivity contribution in [3.63, 3.8) is 0 Å². The van der Waals surface area contributed by atoms with Gasteiger partial charge >= 0.3 is 0 Å². The van der Waals surface area contributed by atoms with Crippen LogP contribution in [0.5, 0.6) is 0 Å². The molecule has 0 aromatic carbocycles. The first-order valence-corrected chi connectivity index (χ1v) is 4.20. The molecule has 2 fully saturated rings. The molecule has 2 saturated carbocycles. The molecule has 0 unspecified atom stereocenters. The van der Waals surface area contributed by atoms with Crippen LogP contribution in [0.15, 0.2) is 0 Å². The summed E-state index contributed by atoms with van der Waals surface area (Å²) in [7, 11) is 0. The van der Waals surface area contributed by atoms with Crippen LogP contribution in [0.4, 0.5) is 8.78 Å². The van der Waals surface area contributed by atoms with Crippen molar-refractivity contribution in [1.29, 1.82) is 0 Å². The molecule has 4 heteroatoms. The molecule has 0 aromatic heterocycles. The predicted molar refractivity (Wildman–Crippen MR) is 45.6 cm³/mol. The van der Waals surface area contributed by atoms with Crippen LogP contribution in [0.25, 0.3) is 0 Å². The number of nitrogens with two attached hydrogens (primary N) is 1. The molecule has 72 valence electrons. The summed E-state index contributed by atoms with van der Waals surface area (Å²) >= 11 is 0. The van der Waals surface area contributed by atoms with Crippen molar-refractivity contribution in [3.8, 4) is 0 Å². The molecule has 0 bridgehead atoms. The number of hydrogen-bond donors (Lipinski definition) is 1. The molecule has 0 saturated heterocycles. The van der Waals surface area contributed by atoms with Crippen LogP contribution in [0.2, 0.25) is 0 Å². The third-order valence-electron chi connectivity index (χ3n) is 3.00. The van der Waals surface area contributed by atoms with E-state index in [0.29, 0.717) is 0 Å². The van der Waals surface area contributed by atoms with Gasteiger partial charge in [0, 0.05) is 18.9 Å². The summed E-state index contributed by atoms with van der Waals surface area (Å²) in [4.78, 5) is 0. The molecule has 2 aliphatic rings. The molecule has 0 heterocycles. The molecule has 2 aliphatic carbocycles. The molecule has 3 atom stereocenters. The second kappa shape index (κ2) is 3.11. The lowest BCUT2D eigenvalue weighted by molar-refractivity contribution is 0.0000250. The van der Waals surface area contributed by atoms with E-state index in [1.165, 1.54) is 0 Å². The number of hydrogen-bond acceptors (Lipinski definition) is 1. The third kappa shape index (κ3) is 1.72. The molecular weight excluding hydrogens is 184 g/mol. The summed E-state index contributed by atoms with van der Waals surface area (Å²) in [6, 6.07) is 0.195. The van der Waals surface area contributed by atoms with E-state index in [2.05, 4.69) is 0 Å². The number of halogens is 3. The Bertz CT molecular complexity index is 158. The quantitative estimate of drug-likeness (QED) is 0.633. The van der Waals surface area contributed by atoms with E-state index in [0.717, 1.165) is 12.8 Å². The van der Waals surface area contributed by atoms with Gasteiger partial charge in [0.2, 0.25) is 5.92 Å². The number of rotatable bonds is 0. The summed E-state index contributed by atoms with van der Waals surface area (Å²) in [6.07, 6.45) is 1.82. The van der Waals surface area contributed by atoms with Crippen LogP contribution >= 0.6 is 12.4 Å². The van der Waals surface area contributed by atoms with E-state index in [1.807, 2.05) is 0 Å². The maximum Gasteiger partial charge on any atom is 0.248 e. The topological polar surface area (TPSA) is 26.0 Å². The maximum atomic E-state index is 12.8. The van der Waals surface area contributed by atoms with Gasteiger partial charge in [-0.25, -0.2) is 8.78 Å². The Morgan fingerprint density at radius 3 is 1.92 bits per heavy atom. The highest BCUT2D eigenvalue weighted by atomic mass is 35.5. The first-order valence-electron chi connectivity index (χ1n) is 4.20. The summed E-state index contributed by atoms with van der Waals surface area (Å²) in [5.41, 5.74) is 5.67. The van der Waals surface area contributed by atoms with Crippen molar-refractivity contribution in [2.75, 3.05) is 0 Å². The van der Waals surface area contributed by atoms with Crippen molar-refractivity contribution in [2.24, 2.45) is 17.6 Å². The normalized spacial score (nSPS) is 43.8. The average molecular weight is 198 g/mol. The van der Waals surface area contributed by atoms with Gasteiger partial charge in [-0.05, 0) is 24.7 Å². The monoisotopic (exact) mass is 197 g/mol. The highest BCUT2D eigenvalue weighted by Crippen LogP contribution is 2.50. The highest BCUT2D eigenvalue weighted by Gasteiger charge is 2.49. The van der Waals surface area contributed by atoms with Crippen molar-refractivity contribution < 1.29 is 8.78 Å². The fourth-order valence-electron chi connectivity index (χ4n) is 2.61. The van der Waals surface area contributed by atoms with E-state index >= 15 is 0 Å². The highest BCUT2D eigenvalue weighted by molar-refractivity contribution is 5.85. The van der Waals surface area contributed by atoms with E-state index in [1.54, 1.807) is 0 Å². The van der Waals surface area contributed by atoms with Crippen LogP contribution in [-0.4, -0.2) is 12.0 Å². The SMILES string of the molecule is Cl.N[C@H]1C[C@@H]2CC(F)(F)C[C@@H]2C1. The summed E-state index contributed by atoms with van der Waals surface area (Å²) in [5.74, 6) is -1.94. The van der Waals surface area contributed by atoms with Gasteiger partial charge in [0.25, 0.3) is 0 Å². The van der Waals surface area contributed by atoms with Gasteiger partial charge in [0.15, 0.2) is 0 Å². The second-order valence-corrected chi connectivity index (χ2v) is 4.02. The van der Waals surface area contributed by atoms with Gasteiger partial charge in [-0.15, -0.1) is 12.4 Å². The lowest BCUT2D eigenvalue weighted by atomic mass is 10.0. The molecule has 0 aromatic rings. The first-order chi connectivity index (χ1) is 5.07. The Hall–Kier alpha value is 0.110. The number of alkyl halides is 2. The van der Waals surface area contributed by atoms with Crippen molar-refractivity contribution in [3.05, 3.63) is 0 Å². The molecule has 12 heavy (non-hydrogen) atoms. The summed E-state index contributed by atoms with van der Waals surface area (Å²) in [5, 5.41) is 0. The van der Waals surface area contributed by atoms with E-state index in [4.69, 9.17) is 5.73 Å². The Balaban J connectivity index is 0.000000720. The van der Waals surface area contributed by atoms with Gasteiger partial charge in [0.1, 0.15) is 0 Å². The smallest absolute Gasteiger partial charge is 0.248 e. The summed E-state index contributed by atoms with van der Waals surface area (Å²) in [6.45, 7) is 0. The zero-order valence-electron chi connectivity index (χ0n) is 6.80. The molecule has 0 amide bonds. The Kier molecular flexibility index (Phi) is 2.64. The van der Waals surface area contributed by atoms with Gasteiger partial charge in [-0.3, -0.25) is 0 Å². The first kappa shape index (κ1) is 10.2. The third-order valence-corrected chi connectivity index (χ3v) is 3.00. The predicted octanol–water partition coefficient (Wildman–Crippen LogP) is 2.19. The fraction of sp³-hybridized carbons (Fsp3) is 1.00. The average Bonchev–Trinajstić information content (AvgIpc) is 2.17. The van der Waals surface area contributed by atoms with Crippen molar-refractivity contribution >= 4 is 12.4 Å². The van der Waals surface area contributed by atoms with Gasteiger partial charge in [-0.2, -0.15) is 0 Å². The molecule has 0 aliphatic heterocycles. The van der Waals surface area contributed by atoms with Crippen molar-refractivity contribution in [1.82, 2.24) is 0 Å². The standard InChI is InChI=1S/C8H13F2N.ClH/c9-8(10)3-5-1-7(11)2-6(5)4-8;/h5-7H,1-4,11H2;1H/t5-,6+,7+;. The van der Waals surface area contributed by atoms with E-state index in [9.17, 15) is 8.78 Å². The minimum atomic E-state index is -2.38. The minimum absolute atomic E-state index is 0. The van der Waals surface area contributed by atoms with Gasteiger partial charge in [-0.1, -0.05) is 0 Å². The molecule has 2 N–H and O–H groups in total. The Labute approximate surface area is 77.1 Å².